The molecule has 10 heteroatoms. The molecule has 0 bridgehead atoms. The zero-order valence-electron chi connectivity index (χ0n) is 18.7. The zero-order valence-corrected chi connectivity index (χ0v) is 18.7. The summed E-state index contributed by atoms with van der Waals surface area (Å²) in [7, 11) is 0. The van der Waals surface area contributed by atoms with Crippen molar-refractivity contribution in [1.29, 1.82) is 5.26 Å². The Labute approximate surface area is 197 Å². The molecule has 2 amide bonds. The Morgan fingerprint density at radius 3 is 2.65 bits per heavy atom. The first kappa shape index (κ1) is 25.1. The molecule has 34 heavy (non-hydrogen) atoms. The number of halogens is 1. The molecule has 2 heterocycles. The van der Waals surface area contributed by atoms with Gasteiger partial charge in [-0.15, -0.1) is 0 Å². The summed E-state index contributed by atoms with van der Waals surface area (Å²) in [5, 5.41) is 14.5. The van der Waals surface area contributed by atoms with Crippen molar-refractivity contribution in [3.63, 3.8) is 0 Å². The van der Waals surface area contributed by atoms with Crippen molar-refractivity contribution in [1.82, 2.24) is 10.3 Å². The molecular formula is C24H27FN4O5. The van der Waals surface area contributed by atoms with Crippen molar-refractivity contribution in [2.24, 2.45) is 5.92 Å². The van der Waals surface area contributed by atoms with Gasteiger partial charge in [-0.1, -0.05) is 6.07 Å². The van der Waals surface area contributed by atoms with Gasteiger partial charge in [0.15, 0.2) is 0 Å². The molecule has 0 spiro atoms. The number of rotatable bonds is 9. The van der Waals surface area contributed by atoms with E-state index in [-0.39, 0.29) is 31.1 Å². The normalized spacial score (nSPS) is 15.3. The van der Waals surface area contributed by atoms with E-state index in [0.29, 0.717) is 36.8 Å². The molecule has 4 rings (SSSR count). The summed E-state index contributed by atoms with van der Waals surface area (Å²) in [4.78, 5) is 28.7. The number of amides is 2. The maximum atomic E-state index is 11.0. The van der Waals surface area contributed by atoms with Crippen LogP contribution in [0.2, 0.25) is 0 Å². The van der Waals surface area contributed by atoms with E-state index in [1.807, 2.05) is 18.2 Å². The highest BCUT2D eigenvalue weighted by atomic mass is 19.3. The number of benzene rings is 1. The van der Waals surface area contributed by atoms with Crippen LogP contribution >= 0.6 is 0 Å². The molecule has 1 aromatic heterocycles. The van der Waals surface area contributed by atoms with Gasteiger partial charge in [-0.05, 0) is 52.8 Å². The minimum atomic E-state index is -0.0571. The standard InChI is InChI=1S/C18H17N3O3.C6H10FNO2/c19-11-15-9-13(14-3-6-20-18(10-14)21-12-22)1-2-17(15)24-16-4-7-23-8-5-16;7-10-4-3-8-6(9)5-1-2-5/h1-3,6,9-10,12,16H,4-5,7-8H2,(H,20,21,22);5H,1-4H2,(H,8,9). The lowest BCUT2D eigenvalue weighted by Crippen LogP contribution is -2.27. The number of anilines is 1. The number of hydrogen-bond acceptors (Lipinski definition) is 7. The lowest BCUT2D eigenvalue weighted by Gasteiger charge is -2.23. The Kier molecular flexibility index (Phi) is 9.76. The Morgan fingerprint density at radius 1 is 1.21 bits per heavy atom. The first-order valence-corrected chi connectivity index (χ1v) is 11.1. The molecule has 1 saturated heterocycles. The maximum absolute atomic E-state index is 11.0. The number of nitrogens with one attached hydrogen (secondary N) is 2. The molecule has 0 unspecified atom stereocenters. The molecule has 2 aromatic rings. The van der Waals surface area contributed by atoms with Gasteiger partial charge in [-0.3, -0.25) is 9.59 Å². The fraction of sp³-hybridized carbons (Fsp3) is 0.417. The van der Waals surface area contributed by atoms with Gasteiger partial charge in [0.2, 0.25) is 12.3 Å². The quantitative estimate of drug-likeness (QED) is 0.426. The van der Waals surface area contributed by atoms with E-state index >= 15 is 0 Å². The Bertz CT molecular complexity index is 1000. The molecule has 0 radical (unpaired) electrons. The molecule has 1 aliphatic heterocycles. The van der Waals surface area contributed by atoms with Crippen LogP contribution in [0.1, 0.15) is 31.2 Å². The van der Waals surface area contributed by atoms with Crippen molar-refractivity contribution in [2.45, 2.75) is 31.8 Å². The van der Waals surface area contributed by atoms with Gasteiger partial charge >= 0.3 is 0 Å². The number of hydrogen-bond donors (Lipinski definition) is 2. The largest absolute Gasteiger partial charge is 0.489 e. The van der Waals surface area contributed by atoms with Gasteiger partial charge in [0.1, 0.15) is 30.3 Å². The van der Waals surface area contributed by atoms with Gasteiger partial charge < -0.3 is 20.1 Å². The SMILES string of the molecule is N#Cc1cc(-c2ccnc(NC=O)c2)ccc1OC1CCOCC1.O=C(NCCOF)C1CC1. The molecule has 1 saturated carbocycles. The average Bonchev–Trinajstić information content (AvgIpc) is 3.72. The van der Waals surface area contributed by atoms with Crippen LogP contribution in [0, 0.1) is 17.2 Å². The number of carbonyl (C=O) groups is 2. The van der Waals surface area contributed by atoms with Crippen molar-refractivity contribution in [3.05, 3.63) is 42.1 Å². The van der Waals surface area contributed by atoms with Crippen molar-refractivity contribution >= 4 is 18.1 Å². The highest BCUT2D eigenvalue weighted by molar-refractivity contribution is 5.80. The summed E-state index contributed by atoms with van der Waals surface area (Å²) in [6, 6.07) is 11.3. The molecule has 1 aromatic carbocycles. The zero-order chi connectivity index (χ0) is 24.2. The van der Waals surface area contributed by atoms with E-state index < -0.39 is 0 Å². The first-order chi connectivity index (χ1) is 16.6. The summed E-state index contributed by atoms with van der Waals surface area (Å²) in [5.41, 5.74) is 2.21. The average molecular weight is 471 g/mol. The van der Waals surface area contributed by atoms with Crippen LogP contribution in [0.25, 0.3) is 11.1 Å². The van der Waals surface area contributed by atoms with E-state index in [1.165, 1.54) is 0 Å². The first-order valence-electron chi connectivity index (χ1n) is 11.1. The highest BCUT2D eigenvalue weighted by Gasteiger charge is 2.29. The predicted octanol–water partition coefficient (Wildman–Crippen LogP) is 3.16. The Morgan fingerprint density at radius 2 is 1.97 bits per heavy atom. The van der Waals surface area contributed by atoms with Gasteiger partial charge in [0, 0.05) is 31.5 Å². The van der Waals surface area contributed by atoms with Gasteiger partial charge in [0.25, 0.3) is 0 Å². The molecule has 0 atom stereocenters. The van der Waals surface area contributed by atoms with Crippen LogP contribution in [-0.2, 0) is 19.3 Å². The maximum Gasteiger partial charge on any atom is 0.223 e. The Balaban J connectivity index is 0.000000271. The summed E-state index contributed by atoms with van der Waals surface area (Å²) in [5.74, 6) is 1.27. The molecule has 2 aliphatic rings. The van der Waals surface area contributed by atoms with Crippen LogP contribution < -0.4 is 15.4 Å². The third kappa shape index (κ3) is 7.79. The molecular weight excluding hydrogens is 443 g/mol. The number of aromatic nitrogens is 1. The molecule has 180 valence electrons. The fourth-order valence-electron chi connectivity index (χ4n) is 3.33. The lowest BCUT2D eigenvalue weighted by molar-refractivity contribution is -0.134. The van der Waals surface area contributed by atoms with Crippen molar-refractivity contribution in [2.75, 3.05) is 31.7 Å². The summed E-state index contributed by atoms with van der Waals surface area (Å²) in [6.45, 7) is 1.59. The van der Waals surface area contributed by atoms with Gasteiger partial charge in [0.05, 0.1) is 18.8 Å². The molecule has 1 aliphatic carbocycles. The van der Waals surface area contributed by atoms with Gasteiger partial charge in [-0.25, -0.2) is 4.98 Å². The number of nitriles is 1. The van der Waals surface area contributed by atoms with E-state index in [9.17, 15) is 19.4 Å². The number of pyridine rings is 1. The highest BCUT2D eigenvalue weighted by Crippen LogP contribution is 2.29. The topological polar surface area (TPSA) is 123 Å². The smallest absolute Gasteiger partial charge is 0.223 e. The van der Waals surface area contributed by atoms with Crippen LogP contribution in [-0.4, -0.2) is 49.8 Å². The van der Waals surface area contributed by atoms with E-state index in [1.54, 1.807) is 18.3 Å². The fourth-order valence-corrected chi connectivity index (χ4v) is 3.33. The number of nitrogens with zero attached hydrogens (tertiary/aromatic N) is 2. The molecule has 2 N–H and O–H groups in total. The van der Waals surface area contributed by atoms with Crippen LogP contribution in [0.15, 0.2) is 36.5 Å². The number of carbonyl (C=O) groups excluding carboxylic acids is 2. The van der Waals surface area contributed by atoms with Crippen LogP contribution in [0.4, 0.5) is 10.3 Å². The second-order valence-electron chi connectivity index (χ2n) is 7.82. The Hall–Kier alpha value is -3.55. The number of ether oxygens (including phenoxy) is 2. The third-order valence-electron chi connectivity index (χ3n) is 5.29. The lowest BCUT2D eigenvalue weighted by atomic mass is 10.0. The van der Waals surface area contributed by atoms with Crippen LogP contribution in [0.5, 0.6) is 5.75 Å². The second-order valence-corrected chi connectivity index (χ2v) is 7.82. The molecule has 2 fully saturated rings. The minimum absolute atomic E-state index is 0.0250. The summed E-state index contributed by atoms with van der Waals surface area (Å²) < 4.78 is 22.3. The van der Waals surface area contributed by atoms with Crippen molar-refractivity contribution < 1.29 is 28.5 Å². The van der Waals surface area contributed by atoms with E-state index in [2.05, 4.69) is 26.6 Å². The van der Waals surface area contributed by atoms with Crippen LogP contribution in [0.3, 0.4) is 0 Å². The summed E-state index contributed by atoms with van der Waals surface area (Å²) >= 11 is 0. The summed E-state index contributed by atoms with van der Waals surface area (Å²) in [6.07, 6.45) is 5.89. The van der Waals surface area contributed by atoms with Gasteiger partial charge in [-0.2, -0.15) is 10.2 Å². The minimum Gasteiger partial charge on any atom is -0.489 e. The van der Waals surface area contributed by atoms with E-state index in [4.69, 9.17) is 9.47 Å². The monoisotopic (exact) mass is 470 g/mol. The van der Waals surface area contributed by atoms with Crippen molar-refractivity contribution in [3.8, 4) is 22.9 Å². The third-order valence-corrected chi connectivity index (χ3v) is 5.29. The predicted molar refractivity (Wildman–Crippen MR) is 121 cm³/mol. The van der Waals surface area contributed by atoms with E-state index in [0.717, 1.165) is 36.8 Å². The second kappa shape index (κ2) is 13.2. The molecule has 9 nitrogen and oxygen atoms in total.